The van der Waals surface area contributed by atoms with Gasteiger partial charge in [0, 0.05) is 30.8 Å². The average molecular weight is 344 g/mol. The van der Waals surface area contributed by atoms with Gasteiger partial charge in [0.05, 0.1) is 0 Å². The summed E-state index contributed by atoms with van der Waals surface area (Å²) in [7, 11) is 0. The Morgan fingerprint density at radius 3 is 2.40 bits per heavy atom. The molecule has 0 spiro atoms. The zero-order valence-corrected chi connectivity index (χ0v) is 14.2. The summed E-state index contributed by atoms with van der Waals surface area (Å²) >= 11 is 0. The summed E-state index contributed by atoms with van der Waals surface area (Å²) in [4.78, 5) is 14.8. The van der Waals surface area contributed by atoms with Crippen LogP contribution in [-0.2, 0) is 4.79 Å². The van der Waals surface area contributed by atoms with Crippen molar-refractivity contribution in [2.75, 3.05) is 13.1 Å². The third kappa shape index (κ3) is 4.04. The van der Waals surface area contributed by atoms with Gasteiger partial charge in [0.15, 0.2) is 0 Å². The lowest BCUT2D eigenvalue weighted by atomic mass is 10.0. The fourth-order valence-electron chi connectivity index (χ4n) is 3.27. The van der Waals surface area contributed by atoms with Gasteiger partial charge in [-0.05, 0) is 31.4 Å². The molecule has 1 heterocycles. The lowest BCUT2D eigenvalue weighted by molar-refractivity contribution is -0.132. The van der Waals surface area contributed by atoms with Crippen LogP contribution in [0.4, 0.5) is 8.78 Å². The van der Waals surface area contributed by atoms with E-state index in [1.807, 2.05) is 35.2 Å². The molecule has 0 radical (unpaired) electrons. The Hall–Kier alpha value is -2.27. The number of halogens is 2. The van der Waals surface area contributed by atoms with Crippen LogP contribution in [0, 0.1) is 11.6 Å². The molecule has 0 aliphatic carbocycles. The number of nitrogens with zero attached hydrogens (tertiary/aromatic N) is 1. The molecular formula is C20H22F2N2O. The second-order valence-corrected chi connectivity index (χ2v) is 6.43. The fraction of sp³-hybridized carbons (Fsp3) is 0.350. The minimum atomic E-state index is -0.611. The van der Waals surface area contributed by atoms with Crippen LogP contribution >= 0.6 is 0 Å². The number of rotatable bonds is 5. The summed E-state index contributed by atoms with van der Waals surface area (Å²) in [5, 5.41) is 3.23. The highest BCUT2D eigenvalue weighted by Crippen LogP contribution is 2.25. The highest BCUT2D eigenvalue weighted by molar-refractivity contribution is 5.83. The Bertz CT molecular complexity index is 730. The monoisotopic (exact) mass is 344 g/mol. The van der Waals surface area contributed by atoms with Gasteiger partial charge >= 0.3 is 0 Å². The topological polar surface area (TPSA) is 32.3 Å². The van der Waals surface area contributed by atoms with Crippen LogP contribution in [0.5, 0.6) is 0 Å². The van der Waals surface area contributed by atoms with Crippen molar-refractivity contribution >= 4 is 5.91 Å². The molecular weight excluding hydrogens is 322 g/mol. The summed E-state index contributed by atoms with van der Waals surface area (Å²) in [6, 6.07) is 12.0. The van der Waals surface area contributed by atoms with Crippen LogP contribution in [0.1, 0.15) is 43.0 Å². The summed E-state index contributed by atoms with van der Waals surface area (Å²) in [5.74, 6) is -1.22. The third-order valence-electron chi connectivity index (χ3n) is 4.64. The minimum Gasteiger partial charge on any atom is -0.341 e. The third-order valence-corrected chi connectivity index (χ3v) is 4.64. The van der Waals surface area contributed by atoms with Gasteiger partial charge in [0.25, 0.3) is 0 Å². The first-order chi connectivity index (χ1) is 12.1. The standard InChI is InChI=1S/C20H22F2N2O/c1-14(17-10-9-16(21)13-18(17)22)23-19(15-7-3-2-4-8-15)20(25)24-11-5-6-12-24/h2-4,7-10,13-14,19,23H,5-6,11-12H2,1H3/t14-,19+/m0/s1. The van der Waals surface area contributed by atoms with Crippen LogP contribution in [0.25, 0.3) is 0 Å². The Balaban J connectivity index is 1.85. The van der Waals surface area contributed by atoms with Crippen molar-refractivity contribution in [2.45, 2.75) is 31.8 Å². The molecule has 1 aliphatic heterocycles. The number of hydrogen-bond acceptors (Lipinski definition) is 2. The van der Waals surface area contributed by atoms with Crippen LogP contribution < -0.4 is 5.32 Å². The van der Waals surface area contributed by atoms with Crippen molar-refractivity contribution in [1.29, 1.82) is 0 Å². The fourth-order valence-corrected chi connectivity index (χ4v) is 3.27. The Morgan fingerprint density at radius 1 is 1.08 bits per heavy atom. The normalized spacial score (nSPS) is 16.7. The number of nitrogens with one attached hydrogen (secondary N) is 1. The lowest BCUT2D eigenvalue weighted by Crippen LogP contribution is -2.40. The molecule has 1 N–H and O–H groups in total. The maximum Gasteiger partial charge on any atom is 0.244 e. The lowest BCUT2D eigenvalue weighted by Gasteiger charge is -2.27. The first-order valence-electron chi connectivity index (χ1n) is 8.61. The summed E-state index contributed by atoms with van der Waals surface area (Å²) < 4.78 is 27.2. The quantitative estimate of drug-likeness (QED) is 0.890. The van der Waals surface area contributed by atoms with Crippen molar-refractivity contribution in [3.05, 3.63) is 71.3 Å². The molecule has 0 unspecified atom stereocenters. The van der Waals surface area contributed by atoms with Crippen molar-refractivity contribution in [3.63, 3.8) is 0 Å². The molecule has 3 nitrogen and oxygen atoms in total. The minimum absolute atomic E-state index is 0.00179. The number of likely N-dealkylation sites (tertiary alicyclic amines) is 1. The Labute approximate surface area is 146 Å². The first kappa shape index (κ1) is 17.5. The van der Waals surface area contributed by atoms with Crippen LogP contribution in [-0.4, -0.2) is 23.9 Å². The van der Waals surface area contributed by atoms with E-state index in [0.29, 0.717) is 5.56 Å². The second-order valence-electron chi connectivity index (χ2n) is 6.43. The predicted molar refractivity (Wildman–Crippen MR) is 92.9 cm³/mol. The van der Waals surface area contributed by atoms with Crippen LogP contribution in [0.2, 0.25) is 0 Å². The predicted octanol–water partition coefficient (Wildman–Crippen LogP) is 3.98. The van der Waals surface area contributed by atoms with E-state index in [4.69, 9.17) is 0 Å². The van der Waals surface area contributed by atoms with E-state index >= 15 is 0 Å². The largest absolute Gasteiger partial charge is 0.341 e. The zero-order valence-electron chi connectivity index (χ0n) is 14.2. The second kappa shape index (κ2) is 7.74. The van der Waals surface area contributed by atoms with E-state index in [2.05, 4.69) is 5.32 Å². The maximum atomic E-state index is 14.1. The van der Waals surface area contributed by atoms with Gasteiger partial charge in [-0.25, -0.2) is 8.78 Å². The number of amides is 1. The smallest absolute Gasteiger partial charge is 0.244 e. The highest BCUT2D eigenvalue weighted by Gasteiger charge is 2.29. The molecule has 3 rings (SSSR count). The van der Waals surface area contributed by atoms with Gasteiger partial charge in [-0.15, -0.1) is 0 Å². The molecule has 1 aliphatic rings. The molecule has 25 heavy (non-hydrogen) atoms. The molecule has 1 fully saturated rings. The van der Waals surface area contributed by atoms with E-state index in [1.165, 1.54) is 12.1 Å². The molecule has 132 valence electrons. The van der Waals surface area contributed by atoms with E-state index in [0.717, 1.165) is 37.6 Å². The van der Waals surface area contributed by atoms with Crippen molar-refractivity contribution in [3.8, 4) is 0 Å². The van der Waals surface area contributed by atoms with Crippen molar-refractivity contribution < 1.29 is 13.6 Å². The van der Waals surface area contributed by atoms with Gasteiger partial charge in [-0.2, -0.15) is 0 Å². The summed E-state index contributed by atoms with van der Waals surface area (Å²) in [6.07, 6.45) is 2.02. The highest BCUT2D eigenvalue weighted by atomic mass is 19.1. The number of hydrogen-bond donors (Lipinski definition) is 1. The van der Waals surface area contributed by atoms with Gasteiger partial charge in [-0.3, -0.25) is 10.1 Å². The van der Waals surface area contributed by atoms with E-state index < -0.39 is 23.7 Å². The molecule has 1 saturated heterocycles. The molecule has 0 bridgehead atoms. The molecule has 0 saturated carbocycles. The van der Waals surface area contributed by atoms with Crippen molar-refractivity contribution in [2.24, 2.45) is 0 Å². The van der Waals surface area contributed by atoms with Crippen LogP contribution in [0.3, 0.4) is 0 Å². The SMILES string of the molecule is C[C@H](N[C@@H](C(=O)N1CCCC1)c1ccccc1)c1ccc(F)cc1F. The molecule has 0 aromatic heterocycles. The number of benzene rings is 2. The Kier molecular flexibility index (Phi) is 5.43. The summed E-state index contributed by atoms with van der Waals surface area (Å²) in [6.45, 7) is 3.29. The summed E-state index contributed by atoms with van der Waals surface area (Å²) in [5.41, 5.74) is 1.19. The number of carbonyl (C=O) groups is 1. The molecule has 2 atom stereocenters. The van der Waals surface area contributed by atoms with Crippen molar-refractivity contribution in [1.82, 2.24) is 10.2 Å². The van der Waals surface area contributed by atoms with E-state index in [1.54, 1.807) is 6.92 Å². The van der Waals surface area contributed by atoms with E-state index in [-0.39, 0.29) is 5.91 Å². The van der Waals surface area contributed by atoms with Gasteiger partial charge < -0.3 is 4.90 Å². The molecule has 5 heteroatoms. The average Bonchev–Trinajstić information content (AvgIpc) is 3.14. The van der Waals surface area contributed by atoms with Gasteiger partial charge in [-0.1, -0.05) is 36.4 Å². The molecule has 2 aromatic rings. The Morgan fingerprint density at radius 2 is 1.76 bits per heavy atom. The maximum absolute atomic E-state index is 14.1. The molecule has 1 amide bonds. The zero-order chi connectivity index (χ0) is 17.8. The van der Waals surface area contributed by atoms with Gasteiger partial charge in [0.1, 0.15) is 17.7 Å². The van der Waals surface area contributed by atoms with E-state index in [9.17, 15) is 13.6 Å². The van der Waals surface area contributed by atoms with Crippen LogP contribution in [0.15, 0.2) is 48.5 Å². The van der Waals surface area contributed by atoms with Gasteiger partial charge in [0.2, 0.25) is 5.91 Å². The first-order valence-corrected chi connectivity index (χ1v) is 8.61. The number of carbonyl (C=O) groups excluding carboxylic acids is 1. The molecule has 2 aromatic carbocycles.